The minimum absolute atomic E-state index is 0.114. The van der Waals surface area contributed by atoms with E-state index >= 15 is 0 Å². The van der Waals surface area contributed by atoms with E-state index in [-0.39, 0.29) is 25.2 Å². The molecular formula is C26H40N6O7. The molecule has 0 bridgehead atoms. The fourth-order valence-corrected chi connectivity index (χ4v) is 4.00. The predicted molar refractivity (Wildman–Crippen MR) is 142 cm³/mol. The zero-order valence-electron chi connectivity index (χ0n) is 23.0. The third-order valence-corrected chi connectivity index (χ3v) is 6.29. The van der Waals surface area contributed by atoms with Crippen LogP contribution in [0, 0.1) is 5.92 Å². The van der Waals surface area contributed by atoms with Gasteiger partial charge in [0.1, 0.15) is 24.2 Å². The number of nitrogens with two attached hydrogens (primary N) is 2. The number of likely N-dealkylation sites (N-methyl/N-ethyl adjacent to an activating group) is 2. The second-order valence-corrected chi connectivity index (χ2v) is 9.69. The molecule has 13 heteroatoms. The molecular weight excluding hydrogens is 508 g/mol. The minimum Gasteiger partial charge on any atom is -0.394 e. The van der Waals surface area contributed by atoms with Crippen LogP contribution in [-0.4, -0.2) is 95.2 Å². The van der Waals surface area contributed by atoms with Crippen molar-refractivity contribution in [3.63, 3.8) is 0 Å². The molecule has 4 atom stereocenters. The fourth-order valence-electron chi connectivity index (χ4n) is 4.00. The van der Waals surface area contributed by atoms with E-state index in [9.17, 15) is 33.9 Å². The Morgan fingerprint density at radius 2 is 1.46 bits per heavy atom. The van der Waals surface area contributed by atoms with E-state index in [0.29, 0.717) is 0 Å². The molecule has 1 rings (SSSR count). The Bertz CT molecular complexity index is 1030. The van der Waals surface area contributed by atoms with Crippen molar-refractivity contribution >= 4 is 35.4 Å². The van der Waals surface area contributed by atoms with Gasteiger partial charge in [-0.05, 0) is 17.9 Å². The van der Waals surface area contributed by atoms with E-state index in [0.717, 1.165) is 15.4 Å². The minimum atomic E-state index is -1.48. The van der Waals surface area contributed by atoms with Gasteiger partial charge >= 0.3 is 0 Å². The number of carbonyl (C=O) groups is 6. The largest absolute Gasteiger partial charge is 0.394 e. The Morgan fingerprint density at radius 1 is 0.897 bits per heavy atom. The first-order valence-electron chi connectivity index (χ1n) is 12.5. The summed E-state index contributed by atoms with van der Waals surface area (Å²) in [6, 6.07) is 4.11. The van der Waals surface area contributed by atoms with Gasteiger partial charge in [-0.1, -0.05) is 44.2 Å². The second kappa shape index (κ2) is 15.4. The van der Waals surface area contributed by atoms with Gasteiger partial charge in [-0.3, -0.25) is 28.8 Å². The molecule has 0 fully saturated rings. The lowest BCUT2D eigenvalue weighted by atomic mass is 10.0. The Kier molecular flexibility index (Phi) is 13.1. The molecule has 0 saturated heterocycles. The predicted octanol–water partition coefficient (Wildman–Crippen LogP) is -1.73. The van der Waals surface area contributed by atoms with E-state index in [2.05, 4.69) is 10.6 Å². The van der Waals surface area contributed by atoms with Gasteiger partial charge in [-0.15, -0.1) is 0 Å². The number of aliphatic hydroxyl groups excluding tert-OH is 1. The first-order chi connectivity index (χ1) is 18.2. The summed E-state index contributed by atoms with van der Waals surface area (Å²) in [5.41, 5.74) is 11.5. The molecule has 0 aliphatic carbocycles. The summed E-state index contributed by atoms with van der Waals surface area (Å²) in [5, 5.41) is 14.9. The van der Waals surface area contributed by atoms with Gasteiger partial charge in [0, 0.05) is 33.9 Å². The van der Waals surface area contributed by atoms with E-state index in [1.54, 1.807) is 44.2 Å². The van der Waals surface area contributed by atoms with Crippen LogP contribution in [0.5, 0.6) is 0 Å². The van der Waals surface area contributed by atoms with Crippen molar-refractivity contribution in [2.75, 3.05) is 20.7 Å². The molecule has 13 nitrogen and oxygen atoms in total. The van der Waals surface area contributed by atoms with Crippen LogP contribution in [0.4, 0.5) is 0 Å². The fraction of sp³-hybridized carbons (Fsp3) is 0.538. The number of carbonyl (C=O) groups excluding carboxylic acids is 6. The summed E-state index contributed by atoms with van der Waals surface area (Å²) in [5.74, 6) is -4.47. The molecule has 0 saturated carbocycles. The van der Waals surface area contributed by atoms with E-state index in [1.807, 2.05) is 0 Å². The number of hydrogen-bond acceptors (Lipinski definition) is 7. The average Bonchev–Trinajstić information content (AvgIpc) is 2.87. The van der Waals surface area contributed by atoms with Crippen LogP contribution in [0.15, 0.2) is 30.3 Å². The number of nitrogens with one attached hydrogen (secondary N) is 2. The lowest BCUT2D eigenvalue weighted by molar-refractivity contribution is -0.146. The monoisotopic (exact) mass is 548 g/mol. The number of benzene rings is 1. The summed E-state index contributed by atoms with van der Waals surface area (Å²) in [6.07, 6.45) is -0.308. The van der Waals surface area contributed by atoms with Crippen molar-refractivity contribution in [3.8, 4) is 0 Å². The molecule has 39 heavy (non-hydrogen) atoms. The van der Waals surface area contributed by atoms with Crippen molar-refractivity contribution in [2.45, 2.75) is 64.2 Å². The van der Waals surface area contributed by atoms with Crippen molar-refractivity contribution in [3.05, 3.63) is 35.9 Å². The molecule has 1 aromatic carbocycles. The quantitative estimate of drug-likeness (QED) is 0.171. The van der Waals surface area contributed by atoms with Crippen molar-refractivity contribution in [1.82, 2.24) is 20.4 Å². The molecule has 7 N–H and O–H groups in total. The molecule has 1 aromatic rings. The van der Waals surface area contributed by atoms with Gasteiger partial charge in [0.05, 0.1) is 6.61 Å². The normalized spacial score (nSPS) is 13.9. The van der Waals surface area contributed by atoms with Gasteiger partial charge in [0.25, 0.3) is 0 Å². The highest BCUT2D eigenvalue weighted by atomic mass is 16.3. The zero-order valence-corrected chi connectivity index (χ0v) is 23.0. The summed E-state index contributed by atoms with van der Waals surface area (Å²) in [4.78, 5) is 77.0. The summed E-state index contributed by atoms with van der Waals surface area (Å²) >= 11 is 0. The van der Waals surface area contributed by atoms with Gasteiger partial charge in [-0.2, -0.15) is 0 Å². The molecule has 0 aromatic heterocycles. The van der Waals surface area contributed by atoms with Crippen LogP contribution in [0.3, 0.4) is 0 Å². The lowest BCUT2D eigenvalue weighted by Gasteiger charge is -2.33. The van der Waals surface area contributed by atoms with Crippen molar-refractivity contribution < 1.29 is 33.9 Å². The number of aliphatic hydroxyl groups is 1. The third-order valence-electron chi connectivity index (χ3n) is 6.29. The first-order valence-corrected chi connectivity index (χ1v) is 12.5. The Hall–Kier alpha value is -4.00. The van der Waals surface area contributed by atoms with Crippen LogP contribution in [0.2, 0.25) is 0 Å². The van der Waals surface area contributed by atoms with Crippen LogP contribution >= 0.6 is 0 Å². The number of primary amides is 2. The Balaban J connectivity index is 3.16. The summed E-state index contributed by atoms with van der Waals surface area (Å²) < 4.78 is 0. The summed E-state index contributed by atoms with van der Waals surface area (Å²) in [7, 11) is 2.66. The standard InChI is InChI=1S/C26H40N6O7/c1-15(2)22(29-16(3)34)26(39)31(4)19(11-12-21(27)35)24(37)30-18(14-33)25(38)32(5)20(23(28)36)13-17-9-7-6-8-10-17/h6-10,15,18-20,22,33H,11-14H2,1-5H3,(H2,27,35)(H2,28,36)(H,29,34)(H,30,37)/t18-,19-,20-,22-/m0/s1. The topological polar surface area (TPSA) is 205 Å². The van der Waals surface area contributed by atoms with Crippen LogP contribution < -0.4 is 22.1 Å². The highest BCUT2D eigenvalue weighted by molar-refractivity contribution is 5.95. The van der Waals surface area contributed by atoms with Gasteiger partial charge in [0.2, 0.25) is 35.4 Å². The van der Waals surface area contributed by atoms with E-state index < -0.39 is 66.2 Å². The lowest BCUT2D eigenvalue weighted by Crippen LogP contribution is -2.60. The van der Waals surface area contributed by atoms with Crippen LogP contribution in [0.1, 0.15) is 39.2 Å². The second-order valence-electron chi connectivity index (χ2n) is 9.69. The zero-order chi connectivity index (χ0) is 29.9. The molecule has 6 amide bonds. The maximum Gasteiger partial charge on any atom is 0.247 e. The number of amides is 6. The van der Waals surface area contributed by atoms with Crippen LogP contribution in [0.25, 0.3) is 0 Å². The highest BCUT2D eigenvalue weighted by Gasteiger charge is 2.36. The molecule has 216 valence electrons. The number of nitrogens with zero attached hydrogens (tertiary/aromatic N) is 2. The molecule has 0 heterocycles. The summed E-state index contributed by atoms with van der Waals surface area (Å²) in [6.45, 7) is 3.87. The maximum absolute atomic E-state index is 13.3. The first kappa shape index (κ1) is 33.0. The maximum atomic E-state index is 13.3. The third kappa shape index (κ3) is 10.0. The van der Waals surface area contributed by atoms with Gasteiger partial charge in [0.15, 0.2) is 0 Å². The van der Waals surface area contributed by atoms with Gasteiger partial charge < -0.3 is 37.0 Å². The van der Waals surface area contributed by atoms with Crippen molar-refractivity contribution in [2.24, 2.45) is 17.4 Å². The van der Waals surface area contributed by atoms with Crippen molar-refractivity contribution in [1.29, 1.82) is 0 Å². The molecule has 0 radical (unpaired) electrons. The molecule has 0 aliphatic heterocycles. The molecule has 0 aliphatic rings. The van der Waals surface area contributed by atoms with Gasteiger partial charge in [-0.25, -0.2) is 0 Å². The van der Waals surface area contributed by atoms with Crippen LogP contribution in [-0.2, 0) is 35.2 Å². The van der Waals surface area contributed by atoms with E-state index in [4.69, 9.17) is 11.5 Å². The average molecular weight is 549 g/mol. The Labute approximate surface area is 228 Å². The van der Waals surface area contributed by atoms with E-state index in [1.165, 1.54) is 21.0 Å². The number of hydrogen-bond donors (Lipinski definition) is 5. The Morgan fingerprint density at radius 3 is 1.92 bits per heavy atom. The number of rotatable bonds is 15. The highest BCUT2D eigenvalue weighted by Crippen LogP contribution is 2.14. The molecule has 0 unspecified atom stereocenters. The SMILES string of the molecule is CC(=O)N[C@H](C(=O)N(C)[C@@H](CCC(N)=O)C(=O)N[C@@H](CO)C(=O)N(C)[C@@H](Cc1ccccc1)C(N)=O)C(C)C. The molecule has 0 spiro atoms. The smallest absolute Gasteiger partial charge is 0.247 e.